The molecule has 0 radical (unpaired) electrons. The number of piperazine rings is 1. The minimum atomic E-state index is -7.08. The molecule has 152 valence electrons. The van der Waals surface area contributed by atoms with Crippen LogP contribution in [0.1, 0.15) is 0 Å². The fourth-order valence-corrected chi connectivity index (χ4v) is 2.51. The summed E-state index contributed by atoms with van der Waals surface area (Å²) in [5.74, 6) is -23.0. The number of carbonyl (C=O) groups excluding carboxylic acids is 1. The van der Waals surface area contributed by atoms with Crippen LogP contribution in [0.25, 0.3) is 0 Å². The average molecular weight is 408 g/mol. The number of carbonyl (C=O) groups is 1. The third-order valence-electron chi connectivity index (χ3n) is 4.10. The fraction of sp³-hybridized carbons (Fsp3) is 0.533. The predicted molar refractivity (Wildman–Crippen MR) is 76.1 cm³/mol. The van der Waals surface area contributed by atoms with Gasteiger partial charge in [-0.05, 0) is 12.1 Å². The number of hydrogen-bond donors (Lipinski definition) is 0. The Morgan fingerprint density at radius 3 is 1.67 bits per heavy atom. The summed E-state index contributed by atoms with van der Waals surface area (Å²) >= 11 is 0. The van der Waals surface area contributed by atoms with Gasteiger partial charge in [-0.2, -0.15) is 39.5 Å². The number of amides is 1. The van der Waals surface area contributed by atoms with Gasteiger partial charge in [0, 0.05) is 31.9 Å². The summed E-state index contributed by atoms with van der Waals surface area (Å²) in [5.41, 5.74) is 0.644. The lowest BCUT2D eigenvalue weighted by Crippen LogP contribution is -2.66. The highest BCUT2D eigenvalue weighted by Gasteiger charge is 2.84. The molecule has 1 aliphatic rings. The molecule has 0 atom stereocenters. The number of rotatable bonds is 4. The van der Waals surface area contributed by atoms with Gasteiger partial charge in [-0.15, -0.1) is 0 Å². The molecule has 3 nitrogen and oxygen atoms in total. The van der Waals surface area contributed by atoms with Crippen LogP contribution in [0.15, 0.2) is 30.3 Å². The summed E-state index contributed by atoms with van der Waals surface area (Å²) in [7, 11) is 0. The van der Waals surface area contributed by atoms with E-state index in [1.54, 1.807) is 35.2 Å². The molecule has 0 saturated carbocycles. The number of halogens is 9. The van der Waals surface area contributed by atoms with Crippen LogP contribution >= 0.6 is 0 Å². The maximum Gasteiger partial charge on any atom is 0.460 e. The Labute approximate surface area is 147 Å². The van der Waals surface area contributed by atoms with E-state index in [1.165, 1.54) is 0 Å². The van der Waals surface area contributed by atoms with E-state index in [4.69, 9.17) is 0 Å². The standard InChI is InChI=1S/C15H13F9N2O/c16-12(17,13(18,19)14(20,21)15(22,23)24)11(27)26-8-6-25(7-9-26)10-4-2-1-3-5-10/h1-5H,6-9H2. The van der Waals surface area contributed by atoms with Crippen molar-refractivity contribution in [2.24, 2.45) is 0 Å². The third kappa shape index (κ3) is 3.53. The maximum absolute atomic E-state index is 13.7. The number of para-hydroxylation sites is 1. The maximum atomic E-state index is 13.7. The topological polar surface area (TPSA) is 23.6 Å². The van der Waals surface area contributed by atoms with Crippen LogP contribution in [0.4, 0.5) is 45.2 Å². The summed E-state index contributed by atoms with van der Waals surface area (Å²) in [4.78, 5) is 13.4. The van der Waals surface area contributed by atoms with E-state index in [0.717, 1.165) is 0 Å². The monoisotopic (exact) mass is 408 g/mol. The first-order chi connectivity index (χ1) is 12.2. The average Bonchev–Trinajstić information content (AvgIpc) is 2.60. The van der Waals surface area contributed by atoms with E-state index in [-0.39, 0.29) is 18.0 Å². The first-order valence-corrected chi connectivity index (χ1v) is 7.53. The molecular weight excluding hydrogens is 395 g/mol. The van der Waals surface area contributed by atoms with Crippen LogP contribution in [0.2, 0.25) is 0 Å². The summed E-state index contributed by atoms with van der Waals surface area (Å²) in [6, 6.07) is 8.35. The molecule has 2 rings (SSSR count). The van der Waals surface area contributed by atoms with Crippen LogP contribution in [0, 0.1) is 0 Å². The predicted octanol–water partition coefficient (Wildman–Crippen LogP) is 3.80. The molecule has 0 unspecified atom stereocenters. The van der Waals surface area contributed by atoms with E-state index >= 15 is 0 Å². The molecule has 0 bridgehead atoms. The van der Waals surface area contributed by atoms with Crippen LogP contribution in [-0.2, 0) is 4.79 Å². The van der Waals surface area contributed by atoms with Crippen molar-refractivity contribution in [3.8, 4) is 0 Å². The molecule has 1 aliphatic heterocycles. The molecule has 1 aromatic carbocycles. The first-order valence-electron chi connectivity index (χ1n) is 7.53. The quantitative estimate of drug-likeness (QED) is 0.708. The van der Waals surface area contributed by atoms with E-state index < -0.39 is 42.9 Å². The van der Waals surface area contributed by atoms with E-state index in [2.05, 4.69) is 0 Å². The molecule has 1 fully saturated rings. The van der Waals surface area contributed by atoms with Crippen LogP contribution in [0.5, 0.6) is 0 Å². The van der Waals surface area contributed by atoms with Gasteiger partial charge in [0.15, 0.2) is 0 Å². The van der Waals surface area contributed by atoms with E-state index in [0.29, 0.717) is 5.69 Å². The molecule has 27 heavy (non-hydrogen) atoms. The molecule has 0 aromatic heterocycles. The first kappa shape index (κ1) is 21.2. The number of anilines is 1. The second kappa shape index (κ2) is 6.79. The molecule has 0 N–H and O–H groups in total. The molecule has 1 heterocycles. The van der Waals surface area contributed by atoms with E-state index in [9.17, 15) is 44.3 Å². The normalized spacial score (nSPS) is 17.2. The van der Waals surface area contributed by atoms with Crippen LogP contribution in [-0.4, -0.2) is 60.9 Å². The third-order valence-corrected chi connectivity index (χ3v) is 4.10. The van der Waals surface area contributed by atoms with Gasteiger partial charge in [0.2, 0.25) is 0 Å². The van der Waals surface area contributed by atoms with Gasteiger partial charge >= 0.3 is 23.9 Å². The SMILES string of the molecule is O=C(N1CCN(c2ccccc2)CC1)C(F)(F)C(F)(F)C(F)(F)C(F)(F)F. The fourth-order valence-electron chi connectivity index (χ4n) is 2.51. The smallest absolute Gasteiger partial charge is 0.368 e. The Balaban J connectivity index is 2.15. The van der Waals surface area contributed by atoms with Crippen LogP contribution in [0.3, 0.4) is 0 Å². The lowest BCUT2D eigenvalue weighted by molar-refractivity contribution is -0.389. The number of nitrogens with zero attached hydrogens (tertiary/aromatic N) is 2. The highest BCUT2D eigenvalue weighted by atomic mass is 19.4. The molecule has 1 saturated heterocycles. The van der Waals surface area contributed by atoms with Gasteiger partial charge in [-0.25, -0.2) is 0 Å². The zero-order chi connectivity index (χ0) is 20.7. The summed E-state index contributed by atoms with van der Waals surface area (Å²) in [5, 5.41) is 0. The van der Waals surface area contributed by atoms with Gasteiger partial charge in [0.25, 0.3) is 5.91 Å². The number of hydrogen-bond acceptors (Lipinski definition) is 2. The van der Waals surface area contributed by atoms with Crippen molar-refractivity contribution in [1.29, 1.82) is 0 Å². The van der Waals surface area contributed by atoms with Crippen molar-refractivity contribution < 1.29 is 44.3 Å². The van der Waals surface area contributed by atoms with Crippen molar-refractivity contribution in [1.82, 2.24) is 4.90 Å². The summed E-state index contributed by atoms with van der Waals surface area (Å²) < 4.78 is 116. The molecule has 1 amide bonds. The van der Waals surface area contributed by atoms with Crippen molar-refractivity contribution in [3.63, 3.8) is 0 Å². The van der Waals surface area contributed by atoms with Crippen molar-refractivity contribution in [3.05, 3.63) is 30.3 Å². The molecular formula is C15H13F9N2O. The second-order valence-electron chi connectivity index (χ2n) is 5.84. The minimum Gasteiger partial charge on any atom is -0.368 e. The van der Waals surface area contributed by atoms with Crippen molar-refractivity contribution in [2.45, 2.75) is 23.9 Å². The Hall–Kier alpha value is -2.14. The van der Waals surface area contributed by atoms with Gasteiger partial charge in [0.05, 0.1) is 0 Å². The molecule has 0 aliphatic carbocycles. The van der Waals surface area contributed by atoms with Gasteiger partial charge in [0.1, 0.15) is 0 Å². The van der Waals surface area contributed by atoms with Crippen molar-refractivity contribution in [2.75, 3.05) is 31.1 Å². The number of benzene rings is 1. The van der Waals surface area contributed by atoms with Crippen molar-refractivity contribution >= 4 is 11.6 Å². The lowest BCUT2D eigenvalue weighted by atomic mass is 10.0. The van der Waals surface area contributed by atoms with Gasteiger partial charge < -0.3 is 9.80 Å². The zero-order valence-electron chi connectivity index (χ0n) is 13.4. The Morgan fingerprint density at radius 1 is 0.741 bits per heavy atom. The highest BCUT2D eigenvalue weighted by molar-refractivity contribution is 5.85. The van der Waals surface area contributed by atoms with E-state index in [1.807, 2.05) is 0 Å². The Kier molecular flexibility index (Phi) is 5.32. The molecule has 0 spiro atoms. The molecule has 1 aromatic rings. The highest BCUT2D eigenvalue weighted by Crippen LogP contribution is 2.53. The molecule has 12 heteroatoms. The lowest BCUT2D eigenvalue weighted by Gasteiger charge is -2.39. The number of alkyl halides is 9. The minimum absolute atomic E-state index is 0.0902. The van der Waals surface area contributed by atoms with Crippen LogP contribution < -0.4 is 4.90 Å². The Bertz CT molecular complexity index is 668. The van der Waals surface area contributed by atoms with Gasteiger partial charge in [-0.3, -0.25) is 4.79 Å². The van der Waals surface area contributed by atoms with Gasteiger partial charge in [-0.1, -0.05) is 18.2 Å². The second-order valence-corrected chi connectivity index (χ2v) is 5.84. The summed E-state index contributed by atoms with van der Waals surface area (Å²) in [6.07, 6.45) is -6.95. The largest absolute Gasteiger partial charge is 0.460 e. The zero-order valence-corrected chi connectivity index (χ0v) is 13.4. The summed E-state index contributed by atoms with van der Waals surface area (Å²) in [6.45, 7) is -1.27. The Morgan fingerprint density at radius 2 is 1.22 bits per heavy atom.